The van der Waals surface area contributed by atoms with Crippen LogP contribution in [-0.4, -0.2) is 10.9 Å². The van der Waals surface area contributed by atoms with Gasteiger partial charge in [-0.05, 0) is 42.8 Å². The number of hydrogen-bond donors (Lipinski definition) is 2. The molecule has 18 heavy (non-hydrogen) atoms. The number of hydrogen-bond acceptors (Lipinski definition) is 3. The second-order valence-electron chi connectivity index (χ2n) is 3.85. The number of carbonyl (C=O) groups is 1. The number of carbonyl (C=O) groups excluding carboxylic acids is 1. The van der Waals surface area contributed by atoms with Crippen molar-refractivity contribution < 1.29 is 4.79 Å². The molecule has 0 atom stereocenters. The van der Waals surface area contributed by atoms with Crippen molar-refractivity contribution in [2.24, 2.45) is 0 Å². The molecule has 5 heteroatoms. The number of pyridine rings is 1. The Morgan fingerprint density at radius 3 is 2.61 bits per heavy atom. The highest BCUT2D eigenvalue weighted by Gasteiger charge is 2.09. The standard InChI is InChI=1S/C13H12BrN3O/c1-8-6-7-16-12(11(8)15)17-13(18)9-2-4-10(14)5-3-9/h2-7H,15H2,1H3,(H,16,17,18). The van der Waals surface area contributed by atoms with Gasteiger partial charge in [0.15, 0.2) is 5.82 Å². The summed E-state index contributed by atoms with van der Waals surface area (Å²) in [7, 11) is 0. The van der Waals surface area contributed by atoms with Crippen molar-refractivity contribution in [1.29, 1.82) is 0 Å². The number of nitrogens with two attached hydrogens (primary N) is 1. The van der Waals surface area contributed by atoms with Crippen LogP contribution in [0, 0.1) is 6.92 Å². The first-order valence-electron chi connectivity index (χ1n) is 5.36. The SMILES string of the molecule is Cc1ccnc(NC(=O)c2ccc(Br)cc2)c1N. The van der Waals surface area contributed by atoms with E-state index in [1.807, 2.05) is 19.1 Å². The molecule has 3 N–H and O–H groups in total. The van der Waals surface area contributed by atoms with E-state index >= 15 is 0 Å². The first-order chi connectivity index (χ1) is 8.58. The summed E-state index contributed by atoms with van der Waals surface area (Å²) in [5.41, 5.74) is 7.78. The summed E-state index contributed by atoms with van der Waals surface area (Å²) >= 11 is 3.32. The van der Waals surface area contributed by atoms with E-state index in [0.717, 1.165) is 10.0 Å². The maximum absolute atomic E-state index is 12.0. The molecule has 0 saturated carbocycles. The minimum absolute atomic E-state index is 0.229. The van der Waals surface area contributed by atoms with Gasteiger partial charge in [-0.3, -0.25) is 4.79 Å². The molecule has 1 aromatic carbocycles. The lowest BCUT2D eigenvalue weighted by atomic mass is 10.2. The largest absolute Gasteiger partial charge is 0.396 e. The summed E-state index contributed by atoms with van der Waals surface area (Å²) in [5, 5.41) is 2.70. The molecule has 4 nitrogen and oxygen atoms in total. The van der Waals surface area contributed by atoms with Crippen LogP contribution >= 0.6 is 15.9 Å². The van der Waals surface area contributed by atoms with E-state index < -0.39 is 0 Å². The Balaban J connectivity index is 2.21. The van der Waals surface area contributed by atoms with E-state index in [-0.39, 0.29) is 5.91 Å². The molecule has 1 aromatic heterocycles. The minimum Gasteiger partial charge on any atom is -0.396 e. The van der Waals surface area contributed by atoms with E-state index in [1.54, 1.807) is 24.4 Å². The molecular formula is C13H12BrN3O. The highest BCUT2D eigenvalue weighted by Crippen LogP contribution is 2.19. The van der Waals surface area contributed by atoms with Gasteiger partial charge in [0.25, 0.3) is 5.91 Å². The number of aromatic nitrogens is 1. The van der Waals surface area contributed by atoms with Gasteiger partial charge >= 0.3 is 0 Å². The fraction of sp³-hybridized carbons (Fsp3) is 0.0769. The number of nitrogen functional groups attached to an aromatic ring is 1. The summed E-state index contributed by atoms with van der Waals surface area (Å²) in [5.74, 6) is 0.162. The van der Waals surface area contributed by atoms with Crippen LogP contribution in [0.2, 0.25) is 0 Å². The van der Waals surface area contributed by atoms with Gasteiger partial charge in [0.2, 0.25) is 0 Å². The lowest BCUT2D eigenvalue weighted by Crippen LogP contribution is -2.14. The molecule has 0 saturated heterocycles. The van der Waals surface area contributed by atoms with Crippen molar-refractivity contribution in [3.8, 4) is 0 Å². The third-order valence-electron chi connectivity index (χ3n) is 2.55. The minimum atomic E-state index is -0.229. The van der Waals surface area contributed by atoms with Crippen molar-refractivity contribution in [3.63, 3.8) is 0 Å². The van der Waals surface area contributed by atoms with Crippen molar-refractivity contribution >= 4 is 33.3 Å². The van der Waals surface area contributed by atoms with Crippen LogP contribution in [0.15, 0.2) is 41.0 Å². The molecule has 2 rings (SSSR count). The summed E-state index contributed by atoms with van der Waals surface area (Å²) in [6.07, 6.45) is 1.61. The quantitative estimate of drug-likeness (QED) is 0.896. The summed E-state index contributed by atoms with van der Waals surface area (Å²) < 4.78 is 0.923. The number of amides is 1. The van der Waals surface area contributed by atoms with Crippen LogP contribution in [-0.2, 0) is 0 Å². The second kappa shape index (κ2) is 5.18. The highest BCUT2D eigenvalue weighted by molar-refractivity contribution is 9.10. The van der Waals surface area contributed by atoms with Gasteiger partial charge in [0.05, 0.1) is 5.69 Å². The molecule has 1 heterocycles. The molecule has 0 aliphatic heterocycles. The van der Waals surface area contributed by atoms with Crippen LogP contribution < -0.4 is 11.1 Å². The normalized spacial score (nSPS) is 10.1. The summed E-state index contributed by atoms with van der Waals surface area (Å²) in [6, 6.07) is 8.87. The monoisotopic (exact) mass is 305 g/mol. The smallest absolute Gasteiger partial charge is 0.256 e. The molecule has 0 aliphatic carbocycles. The maximum Gasteiger partial charge on any atom is 0.256 e. The Labute approximate surface area is 113 Å². The molecule has 0 unspecified atom stereocenters. The topological polar surface area (TPSA) is 68.0 Å². The maximum atomic E-state index is 12.0. The van der Waals surface area contributed by atoms with Gasteiger partial charge in [-0.1, -0.05) is 15.9 Å². The second-order valence-corrected chi connectivity index (χ2v) is 4.77. The number of rotatable bonds is 2. The number of benzene rings is 1. The average molecular weight is 306 g/mol. The molecule has 0 radical (unpaired) electrons. The van der Waals surface area contributed by atoms with Crippen molar-refractivity contribution in [2.45, 2.75) is 6.92 Å². The average Bonchev–Trinajstić information content (AvgIpc) is 2.36. The van der Waals surface area contributed by atoms with Gasteiger partial charge < -0.3 is 11.1 Å². The van der Waals surface area contributed by atoms with E-state index in [0.29, 0.717) is 17.1 Å². The number of nitrogens with one attached hydrogen (secondary N) is 1. The molecule has 2 aromatic rings. The Kier molecular flexibility index (Phi) is 3.62. The molecular weight excluding hydrogens is 294 g/mol. The van der Waals surface area contributed by atoms with E-state index in [9.17, 15) is 4.79 Å². The fourth-order valence-corrected chi connectivity index (χ4v) is 1.71. The zero-order valence-electron chi connectivity index (χ0n) is 9.77. The van der Waals surface area contributed by atoms with Crippen molar-refractivity contribution in [3.05, 3.63) is 52.1 Å². The molecule has 0 spiro atoms. The van der Waals surface area contributed by atoms with E-state index in [1.165, 1.54) is 0 Å². The van der Waals surface area contributed by atoms with Gasteiger partial charge in [-0.2, -0.15) is 0 Å². The number of nitrogens with zero attached hydrogens (tertiary/aromatic N) is 1. The Bertz CT molecular complexity index is 581. The fourth-order valence-electron chi connectivity index (χ4n) is 1.45. The van der Waals surface area contributed by atoms with Gasteiger partial charge in [0, 0.05) is 16.2 Å². The van der Waals surface area contributed by atoms with Crippen molar-refractivity contribution in [2.75, 3.05) is 11.1 Å². The van der Waals surface area contributed by atoms with Crippen LogP contribution in [0.3, 0.4) is 0 Å². The number of aryl methyl sites for hydroxylation is 1. The first kappa shape index (κ1) is 12.6. The molecule has 92 valence electrons. The number of anilines is 2. The third kappa shape index (κ3) is 2.68. The van der Waals surface area contributed by atoms with Crippen molar-refractivity contribution in [1.82, 2.24) is 4.98 Å². The summed E-state index contributed by atoms with van der Waals surface area (Å²) in [6.45, 7) is 1.87. The Hall–Kier alpha value is -1.88. The highest BCUT2D eigenvalue weighted by atomic mass is 79.9. The zero-order chi connectivity index (χ0) is 13.1. The predicted molar refractivity (Wildman–Crippen MR) is 75.5 cm³/mol. The predicted octanol–water partition coefficient (Wildman–Crippen LogP) is 2.99. The summed E-state index contributed by atoms with van der Waals surface area (Å²) in [4.78, 5) is 16.0. The molecule has 0 aliphatic rings. The molecule has 1 amide bonds. The third-order valence-corrected chi connectivity index (χ3v) is 3.08. The lowest BCUT2D eigenvalue weighted by Gasteiger charge is -2.08. The van der Waals surface area contributed by atoms with Gasteiger partial charge in [0.1, 0.15) is 0 Å². The van der Waals surface area contributed by atoms with Crippen LogP contribution in [0.1, 0.15) is 15.9 Å². The Morgan fingerprint density at radius 2 is 1.94 bits per heavy atom. The van der Waals surface area contributed by atoms with E-state index in [4.69, 9.17) is 5.73 Å². The Morgan fingerprint density at radius 1 is 1.28 bits per heavy atom. The van der Waals surface area contributed by atoms with Gasteiger partial charge in [-0.25, -0.2) is 4.98 Å². The van der Waals surface area contributed by atoms with Crippen LogP contribution in [0.4, 0.5) is 11.5 Å². The first-order valence-corrected chi connectivity index (χ1v) is 6.15. The van der Waals surface area contributed by atoms with Crippen LogP contribution in [0.25, 0.3) is 0 Å². The van der Waals surface area contributed by atoms with Crippen LogP contribution in [0.5, 0.6) is 0 Å². The van der Waals surface area contributed by atoms with E-state index in [2.05, 4.69) is 26.2 Å². The lowest BCUT2D eigenvalue weighted by molar-refractivity contribution is 0.102. The number of halogens is 1. The van der Waals surface area contributed by atoms with Gasteiger partial charge in [-0.15, -0.1) is 0 Å². The zero-order valence-corrected chi connectivity index (χ0v) is 11.4. The molecule has 0 fully saturated rings. The molecule has 0 bridgehead atoms.